The molecule has 0 fully saturated rings. The number of hydrogen-bond acceptors (Lipinski definition) is 7. The summed E-state index contributed by atoms with van der Waals surface area (Å²) >= 11 is 0. The number of nitro groups is 1. The van der Waals surface area contributed by atoms with Crippen molar-refractivity contribution >= 4 is 11.5 Å². The summed E-state index contributed by atoms with van der Waals surface area (Å²) in [6, 6.07) is 3.11. The van der Waals surface area contributed by atoms with Gasteiger partial charge >= 0.3 is 5.69 Å². The Balaban J connectivity index is 2.36. The number of nitrogens with one attached hydrogen (secondary N) is 1. The first-order valence-corrected chi connectivity index (χ1v) is 6.89. The number of aromatic nitrogens is 3. The lowest BCUT2D eigenvalue weighted by Gasteiger charge is -2.08. The van der Waals surface area contributed by atoms with Gasteiger partial charge in [-0.2, -0.15) is 10.4 Å². The number of pyridine rings is 1. The summed E-state index contributed by atoms with van der Waals surface area (Å²) in [4.78, 5) is 14.5. The number of nitriles is 1. The minimum Gasteiger partial charge on any atom is -0.481 e. The van der Waals surface area contributed by atoms with Gasteiger partial charge in [0.2, 0.25) is 11.7 Å². The maximum absolute atomic E-state index is 11.2. The van der Waals surface area contributed by atoms with Crippen LogP contribution in [0, 0.1) is 21.4 Å². The van der Waals surface area contributed by atoms with Gasteiger partial charge in [0.05, 0.1) is 23.3 Å². The summed E-state index contributed by atoms with van der Waals surface area (Å²) in [6.45, 7) is 2.21. The normalized spacial score (nSPS) is 10.2. The number of anilines is 1. The molecule has 2 rings (SSSR count). The fourth-order valence-corrected chi connectivity index (χ4v) is 2.35. The molecular formula is C14H16N6O3. The minimum absolute atomic E-state index is 0.0404. The highest BCUT2D eigenvalue weighted by atomic mass is 16.6. The molecule has 0 saturated heterocycles. The molecule has 0 amide bonds. The van der Waals surface area contributed by atoms with Crippen molar-refractivity contribution in [2.45, 2.75) is 19.9 Å². The molecule has 9 nitrogen and oxygen atoms in total. The van der Waals surface area contributed by atoms with Crippen LogP contribution in [-0.2, 0) is 20.0 Å². The van der Waals surface area contributed by atoms with Gasteiger partial charge < -0.3 is 10.1 Å². The van der Waals surface area contributed by atoms with E-state index in [9.17, 15) is 10.1 Å². The predicted octanol–water partition coefficient (Wildman–Crippen LogP) is 1.78. The summed E-state index contributed by atoms with van der Waals surface area (Å²) in [5.41, 5.74) is 1.25. The molecule has 0 atom stereocenters. The summed E-state index contributed by atoms with van der Waals surface area (Å²) < 4.78 is 6.94. The second kappa shape index (κ2) is 6.74. The molecule has 0 bridgehead atoms. The zero-order valence-electron chi connectivity index (χ0n) is 13.0. The SMILES string of the molecule is CCc1nn(C)c(OC)c1CNc1nccc(C#N)c1[N+](=O)[O-]. The quantitative estimate of drug-likeness (QED) is 0.637. The van der Waals surface area contributed by atoms with Crippen molar-refractivity contribution in [3.63, 3.8) is 0 Å². The van der Waals surface area contributed by atoms with Crippen LogP contribution in [0.25, 0.3) is 0 Å². The lowest BCUT2D eigenvalue weighted by Crippen LogP contribution is -2.08. The van der Waals surface area contributed by atoms with Gasteiger partial charge in [-0.25, -0.2) is 9.67 Å². The van der Waals surface area contributed by atoms with E-state index in [0.717, 1.165) is 11.3 Å². The van der Waals surface area contributed by atoms with Crippen LogP contribution in [0.15, 0.2) is 12.3 Å². The lowest BCUT2D eigenvalue weighted by atomic mass is 10.2. The van der Waals surface area contributed by atoms with Gasteiger partial charge in [-0.1, -0.05) is 6.92 Å². The molecule has 0 aromatic carbocycles. The van der Waals surface area contributed by atoms with Crippen molar-refractivity contribution in [2.75, 3.05) is 12.4 Å². The molecule has 0 saturated carbocycles. The molecule has 2 aromatic rings. The molecule has 120 valence electrons. The van der Waals surface area contributed by atoms with Crippen molar-refractivity contribution in [3.05, 3.63) is 39.2 Å². The molecule has 2 heterocycles. The average molecular weight is 316 g/mol. The van der Waals surface area contributed by atoms with Gasteiger partial charge in [-0.15, -0.1) is 0 Å². The zero-order valence-corrected chi connectivity index (χ0v) is 13.0. The van der Waals surface area contributed by atoms with Crippen LogP contribution in [0.1, 0.15) is 23.7 Å². The van der Waals surface area contributed by atoms with E-state index in [1.54, 1.807) is 17.8 Å². The number of nitrogens with zero attached hydrogens (tertiary/aromatic N) is 5. The van der Waals surface area contributed by atoms with Crippen LogP contribution in [0.2, 0.25) is 0 Å². The Kier molecular flexibility index (Phi) is 4.75. The standard InChI is InChI=1S/C14H16N6O3/c1-4-11-10(14(23-3)19(2)18-11)8-17-13-12(20(21)22)9(7-15)5-6-16-13/h5-6H,4,8H2,1-3H3,(H,16,17). The molecule has 2 aromatic heterocycles. The maximum atomic E-state index is 11.2. The first kappa shape index (κ1) is 16.2. The van der Waals surface area contributed by atoms with E-state index < -0.39 is 4.92 Å². The Hall–Kier alpha value is -3.15. The van der Waals surface area contributed by atoms with E-state index >= 15 is 0 Å². The van der Waals surface area contributed by atoms with Gasteiger partial charge in [0.15, 0.2) is 0 Å². The van der Waals surface area contributed by atoms with Crippen LogP contribution in [0.5, 0.6) is 5.88 Å². The van der Waals surface area contributed by atoms with Crippen molar-refractivity contribution in [1.82, 2.24) is 14.8 Å². The van der Waals surface area contributed by atoms with Crippen molar-refractivity contribution in [2.24, 2.45) is 7.05 Å². The van der Waals surface area contributed by atoms with Crippen LogP contribution in [-0.4, -0.2) is 26.8 Å². The molecule has 1 N–H and O–H groups in total. The monoisotopic (exact) mass is 316 g/mol. The molecule has 0 radical (unpaired) electrons. The summed E-state index contributed by atoms with van der Waals surface area (Å²) in [5.74, 6) is 0.621. The van der Waals surface area contributed by atoms with Gasteiger partial charge in [0.1, 0.15) is 11.6 Å². The molecule has 23 heavy (non-hydrogen) atoms. The fraction of sp³-hybridized carbons (Fsp3) is 0.357. The van der Waals surface area contributed by atoms with Gasteiger partial charge in [0, 0.05) is 19.8 Å². The van der Waals surface area contributed by atoms with E-state index in [1.165, 1.54) is 19.4 Å². The van der Waals surface area contributed by atoms with Crippen LogP contribution >= 0.6 is 0 Å². The summed E-state index contributed by atoms with van der Waals surface area (Å²) in [7, 11) is 3.30. The fourth-order valence-electron chi connectivity index (χ4n) is 2.35. The largest absolute Gasteiger partial charge is 0.481 e. The second-order valence-corrected chi connectivity index (χ2v) is 4.69. The van der Waals surface area contributed by atoms with Crippen molar-refractivity contribution < 1.29 is 9.66 Å². The molecule has 0 aliphatic rings. The summed E-state index contributed by atoms with van der Waals surface area (Å²) in [5, 5.41) is 27.5. The minimum atomic E-state index is -0.616. The maximum Gasteiger partial charge on any atom is 0.328 e. The summed E-state index contributed by atoms with van der Waals surface area (Å²) in [6.07, 6.45) is 2.05. The number of hydrogen-bond donors (Lipinski definition) is 1. The van der Waals surface area contributed by atoms with Crippen molar-refractivity contribution in [1.29, 1.82) is 5.26 Å². The highest BCUT2D eigenvalue weighted by Gasteiger charge is 2.22. The van der Waals surface area contributed by atoms with E-state index in [4.69, 9.17) is 10.00 Å². The van der Waals surface area contributed by atoms with Crippen LogP contribution < -0.4 is 10.1 Å². The first-order chi connectivity index (χ1) is 11.0. The molecule has 0 spiro atoms. The predicted molar refractivity (Wildman–Crippen MR) is 82.1 cm³/mol. The third-order valence-electron chi connectivity index (χ3n) is 3.36. The lowest BCUT2D eigenvalue weighted by molar-refractivity contribution is -0.384. The molecule has 0 aliphatic heterocycles. The Labute approximate surface area is 132 Å². The van der Waals surface area contributed by atoms with E-state index in [-0.39, 0.29) is 23.6 Å². The van der Waals surface area contributed by atoms with Gasteiger partial charge in [-0.3, -0.25) is 10.1 Å². The van der Waals surface area contributed by atoms with Gasteiger partial charge in [-0.05, 0) is 12.5 Å². The highest BCUT2D eigenvalue weighted by Crippen LogP contribution is 2.28. The average Bonchev–Trinajstić information content (AvgIpc) is 2.86. The Bertz CT molecular complexity index is 778. The first-order valence-electron chi connectivity index (χ1n) is 6.89. The molecular weight excluding hydrogens is 300 g/mol. The zero-order chi connectivity index (χ0) is 17.0. The third kappa shape index (κ3) is 3.06. The number of aryl methyl sites for hydroxylation is 2. The topological polar surface area (TPSA) is 119 Å². The van der Waals surface area contributed by atoms with Gasteiger partial charge in [0.25, 0.3) is 0 Å². The smallest absolute Gasteiger partial charge is 0.328 e. The van der Waals surface area contributed by atoms with Crippen LogP contribution in [0.3, 0.4) is 0 Å². The molecule has 9 heteroatoms. The number of methoxy groups -OCH3 is 1. The Morgan fingerprint density at radius 3 is 2.87 bits per heavy atom. The van der Waals surface area contributed by atoms with E-state index in [0.29, 0.717) is 12.3 Å². The third-order valence-corrected chi connectivity index (χ3v) is 3.36. The second-order valence-electron chi connectivity index (χ2n) is 4.69. The number of ether oxygens (including phenoxy) is 1. The van der Waals surface area contributed by atoms with Crippen LogP contribution in [0.4, 0.5) is 11.5 Å². The Morgan fingerprint density at radius 1 is 1.57 bits per heavy atom. The molecule has 0 unspecified atom stereocenters. The number of rotatable bonds is 6. The van der Waals surface area contributed by atoms with Crippen molar-refractivity contribution in [3.8, 4) is 11.9 Å². The highest BCUT2D eigenvalue weighted by molar-refractivity contribution is 5.64. The van der Waals surface area contributed by atoms with E-state index in [2.05, 4.69) is 15.4 Å². The Morgan fingerprint density at radius 2 is 2.30 bits per heavy atom. The van der Waals surface area contributed by atoms with E-state index in [1.807, 2.05) is 6.92 Å². The molecule has 0 aliphatic carbocycles.